The number of benzene rings is 2. The average Bonchev–Trinajstić information content (AvgIpc) is 3.16. The molecule has 0 aliphatic carbocycles. The SMILES string of the molecule is C=CCn1c(SCC(=O)Nc2ccccc2)nnc1[C@@H](C)NC(=O)c1ccccc1. The number of allylic oxidation sites excluding steroid dienone is 1. The van der Waals surface area contributed by atoms with E-state index in [1.807, 2.05) is 60.0 Å². The molecule has 0 aliphatic rings. The summed E-state index contributed by atoms with van der Waals surface area (Å²) in [6, 6.07) is 17.9. The van der Waals surface area contributed by atoms with Crippen molar-refractivity contribution in [1.82, 2.24) is 20.1 Å². The Morgan fingerprint density at radius 1 is 1.10 bits per heavy atom. The summed E-state index contributed by atoms with van der Waals surface area (Å²) in [7, 11) is 0. The molecule has 0 fully saturated rings. The van der Waals surface area contributed by atoms with E-state index in [4.69, 9.17) is 0 Å². The van der Waals surface area contributed by atoms with Gasteiger partial charge in [-0.15, -0.1) is 16.8 Å². The Morgan fingerprint density at radius 3 is 2.43 bits per heavy atom. The molecule has 0 spiro atoms. The van der Waals surface area contributed by atoms with Crippen LogP contribution in [0.4, 0.5) is 5.69 Å². The number of rotatable bonds is 9. The van der Waals surface area contributed by atoms with Crippen LogP contribution in [0, 0.1) is 0 Å². The lowest BCUT2D eigenvalue weighted by molar-refractivity contribution is -0.113. The molecule has 154 valence electrons. The quantitative estimate of drug-likeness (QED) is 0.406. The number of para-hydroxylation sites is 1. The van der Waals surface area contributed by atoms with Crippen molar-refractivity contribution in [1.29, 1.82) is 0 Å². The molecule has 3 aromatic rings. The van der Waals surface area contributed by atoms with E-state index in [-0.39, 0.29) is 23.6 Å². The second kappa shape index (κ2) is 10.4. The van der Waals surface area contributed by atoms with Crippen molar-refractivity contribution in [2.24, 2.45) is 0 Å². The smallest absolute Gasteiger partial charge is 0.251 e. The van der Waals surface area contributed by atoms with Gasteiger partial charge in [0.2, 0.25) is 5.91 Å². The molecule has 2 amide bonds. The lowest BCUT2D eigenvalue weighted by atomic mass is 10.2. The predicted molar refractivity (Wildman–Crippen MR) is 118 cm³/mol. The molecule has 30 heavy (non-hydrogen) atoms. The van der Waals surface area contributed by atoms with Gasteiger partial charge in [-0.25, -0.2) is 0 Å². The lowest BCUT2D eigenvalue weighted by Crippen LogP contribution is -2.28. The molecule has 2 aromatic carbocycles. The molecule has 0 unspecified atom stereocenters. The molecular formula is C22H23N5O2S. The van der Waals surface area contributed by atoms with Gasteiger partial charge in [0.1, 0.15) is 0 Å². The van der Waals surface area contributed by atoms with Gasteiger partial charge in [-0.3, -0.25) is 9.59 Å². The predicted octanol–water partition coefficient (Wildman–Crippen LogP) is 3.69. The van der Waals surface area contributed by atoms with Gasteiger partial charge in [-0.2, -0.15) is 0 Å². The van der Waals surface area contributed by atoms with Crippen LogP contribution in [-0.2, 0) is 11.3 Å². The second-order valence-electron chi connectivity index (χ2n) is 6.50. The molecule has 1 atom stereocenters. The third kappa shape index (κ3) is 5.57. The maximum absolute atomic E-state index is 12.4. The van der Waals surface area contributed by atoms with E-state index in [1.54, 1.807) is 18.2 Å². The summed E-state index contributed by atoms with van der Waals surface area (Å²) in [6.07, 6.45) is 1.73. The van der Waals surface area contributed by atoms with Crippen LogP contribution in [0.3, 0.4) is 0 Å². The highest BCUT2D eigenvalue weighted by atomic mass is 32.2. The van der Waals surface area contributed by atoms with Gasteiger partial charge < -0.3 is 15.2 Å². The van der Waals surface area contributed by atoms with Crippen molar-refractivity contribution >= 4 is 29.3 Å². The van der Waals surface area contributed by atoms with Crippen LogP contribution < -0.4 is 10.6 Å². The van der Waals surface area contributed by atoms with Crippen molar-refractivity contribution < 1.29 is 9.59 Å². The first kappa shape index (κ1) is 21.3. The summed E-state index contributed by atoms with van der Waals surface area (Å²) in [6.45, 7) is 6.10. The fourth-order valence-electron chi connectivity index (χ4n) is 2.81. The topological polar surface area (TPSA) is 88.9 Å². The Balaban J connectivity index is 1.66. The number of anilines is 1. The van der Waals surface area contributed by atoms with Gasteiger partial charge in [-0.05, 0) is 31.2 Å². The molecule has 3 rings (SSSR count). The highest BCUT2D eigenvalue weighted by molar-refractivity contribution is 7.99. The minimum absolute atomic E-state index is 0.133. The highest BCUT2D eigenvalue weighted by Crippen LogP contribution is 2.21. The van der Waals surface area contributed by atoms with Crippen LogP contribution in [-0.4, -0.2) is 32.3 Å². The van der Waals surface area contributed by atoms with Crippen LogP contribution in [0.5, 0.6) is 0 Å². The third-order valence-electron chi connectivity index (χ3n) is 4.22. The number of aromatic nitrogens is 3. The summed E-state index contributed by atoms with van der Waals surface area (Å²) < 4.78 is 1.85. The molecule has 1 heterocycles. The first-order valence-electron chi connectivity index (χ1n) is 9.46. The molecule has 0 saturated heterocycles. The summed E-state index contributed by atoms with van der Waals surface area (Å²) in [5.74, 6) is 0.471. The van der Waals surface area contributed by atoms with Crippen LogP contribution >= 0.6 is 11.8 Å². The van der Waals surface area contributed by atoms with Crippen LogP contribution in [0.2, 0.25) is 0 Å². The monoisotopic (exact) mass is 421 g/mol. The van der Waals surface area contributed by atoms with Crippen molar-refractivity contribution in [2.75, 3.05) is 11.1 Å². The largest absolute Gasteiger partial charge is 0.342 e. The third-order valence-corrected chi connectivity index (χ3v) is 5.18. The van der Waals surface area contributed by atoms with Crippen molar-refractivity contribution in [3.05, 3.63) is 84.7 Å². The van der Waals surface area contributed by atoms with Crippen molar-refractivity contribution in [3.8, 4) is 0 Å². The zero-order valence-corrected chi connectivity index (χ0v) is 17.4. The minimum atomic E-state index is -0.363. The molecule has 8 heteroatoms. The number of nitrogens with zero attached hydrogens (tertiary/aromatic N) is 3. The number of carbonyl (C=O) groups excluding carboxylic acids is 2. The Hall–Kier alpha value is -3.39. The molecule has 7 nitrogen and oxygen atoms in total. The van der Waals surface area contributed by atoms with Gasteiger partial charge in [0.15, 0.2) is 11.0 Å². The number of hydrogen-bond acceptors (Lipinski definition) is 5. The number of thioether (sulfide) groups is 1. The summed E-state index contributed by atoms with van der Waals surface area (Å²) >= 11 is 1.28. The van der Waals surface area contributed by atoms with Gasteiger partial charge in [0, 0.05) is 17.8 Å². The van der Waals surface area contributed by atoms with Gasteiger partial charge in [0.25, 0.3) is 5.91 Å². The van der Waals surface area contributed by atoms with E-state index in [1.165, 1.54) is 11.8 Å². The summed E-state index contributed by atoms with van der Waals surface area (Å²) in [4.78, 5) is 24.7. The van der Waals surface area contributed by atoms with E-state index < -0.39 is 0 Å². The van der Waals surface area contributed by atoms with Crippen molar-refractivity contribution in [3.63, 3.8) is 0 Å². The van der Waals surface area contributed by atoms with E-state index in [0.717, 1.165) is 5.69 Å². The van der Waals surface area contributed by atoms with Crippen LogP contribution in [0.1, 0.15) is 29.1 Å². The van der Waals surface area contributed by atoms with E-state index in [2.05, 4.69) is 27.4 Å². The zero-order valence-electron chi connectivity index (χ0n) is 16.6. The van der Waals surface area contributed by atoms with E-state index in [9.17, 15) is 9.59 Å². The fourth-order valence-corrected chi connectivity index (χ4v) is 3.57. The molecular weight excluding hydrogens is 398 g/mol. The van der Waals surface area contributed by atoms with Crippen molar-refractivity contribution in [2.45, 2.75) is 24.7 Å². The molecule has 0 bridgehead atoms. The van der Waals surface area contributed by atoms with Gasteiger partial charge >= 0.3 is 0 Å². The number of carbonyl (C=O) groups is 2. The fraction of sp³-hybridized carbons (Fsp3) is 0.182. The lowest BCUT2D eigenvalue weighted by Gasteiger charge is -2.15. The molecule has 0 radical (unpaired) electrons. The maximum atomic E-state index is 12.4. The Morgan fingerprint density at radius 2 is 1.77 bits per heavy atom. The van der Waals surface area contributed by atoms with E-state index >= 15 is 0 Å². The van der Waals surface area contributed by atoms with Crippen LogP contribution in [0.15, 0.2) is 78.5 Å². The summed E-state index contributed by atoms with van der Waals surface area (Å²) in [5, 5.41) is 14.8. The van der Waals surface area contributed by atoms with Gasteiger partial charge in [0.05, 0.1) is 11.8 Å². The van der Waals surface area contributed by atoms with Crippen LogP contribution in [0.25, 0.3) is 0 Å². The number of hydrogen-bond donors (Lipinski definition) is 2. The molecule has 1 aromatic heterocycles. The summed E-state index contributed by atoms with van der Waals surface area (Å²) in [5.41, 5.74) is 1.32. The normalized spacial score (nSPS) is 11.5. The standard InChI is InChI=1S/C22H23N5O2S/c1-3-14-27-20(16(2)23-21(29)17-10-6-4-7-11-17)25-26-22(27)30-15-19(28)24-18-12-8-5-9-13-18/h3-13,16H,1,14-15H2,2H3,(H,23,29)(H,24,28)/t16-/m1/s1. The van der Waals surface area contributed by atoms with Gasteiger partial charge in [-0.1, -0.05) is 54.2 Å². The molecule has 0 saturated carbocycles. The second-order valence-corrected chi connectivity index (χ2v) is 7.45. The first-order valence-corrected chi connectivity index (χ1v) is 10.4. The first-order chi connectivity index (χ1) is 14.6. The highest BCUT2D eigenvalue weighted by Gasteiger charge is 2.20. The minimum Gasteiger partial charge on any atom is -0.342 e. The average molecular weight is 422 g/mol. The Bertz CT molecular complexity index is 1000. The number of amides is 2. The Labute approximate surface area is 179 Å². The molecule has 0 aliphatic heterocycles. The maximum Gasteiger partial charge on any atom is 0.251 e. The Kier molecular flexibility index (Phi) is 7.40. The number of nitrogens with one attached hydrogen (secondary N) is 2. The van der Waals surface area contributed by atoms with E-state index in [0.29, 0.717) is 23.1 Å². The molecule has 2 N–H and O–H groups in total. The zero-order chi connectivity index (χ0) is 21.3.